The summed E-state index contributed by atoms with van der Waals surface area (Å²) < 4.78 is 12.8. The lowest BCUT2D eigenvalue weighted by molar-refractivity contribution is -0.127. The minimum absolute atomic E-state index is 0.0626. The van der Waals surface area contributed by atoms with Crippen molar-refractivity contribution in [1.82, 2.24) is 4.90 Å². The molecular weight excluding hydrogens is 285 g/mol. The number of carbonyl (C=O) groups excluding carboxylic acids is 1. The number of aryl methyl sites for hydroxylation is 1. The minimum atomic E-state index is -0.261. The highest BCUT2D eigenvalue weighted by Gasteiger charge is 2.10. The molecule has 0 saturated carbocycles. The van der Waals surface area contributed by atoms with Gasteiger partial charge in [0.2, 0.25) is 5.91 Å². The normalized spacial score (nSPS) is 10.4. The van der Waals surface area contributed by atoms with Gasteiger partial charge in [-0.25, -0.2) is 4.39 Å². The zero-order valence-corrected chi connectivity index (χ0v) is 13.0. The van der Waals surface area contributed by atoms with Gasteiger partial charge in [-0.05, 0) is 36.2 Å². The Hall–Kier alpha value is -1.81. The second-order valence-electron chi connectivity index (χ2n) is 4.93. The summed E-state index contributed by atoms with van der Waals surface area (Å²) in [5.41, 5.74) is 2.10. The van der Waals surface area contributed by atoms with Crippen LogP contribution in [0.4, 0.5) is 4.39 Å². The zero-order valence-electron chi connectivity index (χ0n) is 12.2. The molecule has 4 heteroatoms. The molecule has 2 rings (SSSR count). The van der Waals surface area contributed by atoms with E-state index in [9.17, 15) is 9.18 Å². The second-order valence-corrected chi connectivity index (χ2v) is 5.95. The predicted molar refractivity (Wildman–Crippen MR) is 84.8 cm³/mol. The van der Waals surface area contributed by atoms with Crippen molar-refractivity contribution in [2.24, 2.45) is 0 Å². The van der Waals surface area contributed by atoms with Gasteiger partial charge in [0.1, 0.15) is 5.82 Å². The molecule has 0 atom stereocenters. The molecule has 0 fully saturated rings. The van der Waals surface area contributed by atoms with Crippen molar-refractivity contribution in [2.45, 2.75) is 18.4 Å². The number of halogens is 1. The summed E-state index contributed by atoms with van der Waals surface area (Å²) in [5, 5.41) is 0. The third-order valence-electron chi connectivity index (χ3n) is 3.20. The molecule has 0 unspecified atom stereocenters. The molecular formula is C17H18FNOS. The van der Waals surface area contributed by atoms with Crippen LogP contribution in [0.3, 0.4) is 0 Å². The standard InChI is InChI=1S/C17H18FNOS/c1-13-5-3-4-6-16(13)21-12-17(20)19(2)11-14-7-9-15(18)10-8-14/h3-10H,11-12H2,1-2H3. The highest BCUT2D eigenvalue weighted by molar-refractivity contribution is 8.00. The van der Waals surface area contributed by atoms with Crippen LogP contribution in [0.5, 0.6) is 0 Å². The molecule has 2 aromatic rings. The van der Waals surface area contributed by atoms with Gasteiger partial charge in [-0.1, -0.05) is 30.3 Å². The fraction of sp³-hybridized carbons (Fsp3) is 0.235. The second kappa shape index (κ2) is 7.27. The Labute approximate surface area is 129 Å². The summed E-state index contributed by atoms with van der Waals surface area (Å²) in [6, 6.07) is 14.2. The first-order valence-corrected chi connectivity index (χ1v) is 7.71. The Balaban J connectivity index is 1.88. The van der Waals surface area contributed by atoms with Crippen molar-refractivity contribution in [2.75, 3.05) is 12.8 Å². The van der Waals surface area contributed by atoms with Gasteiger partial charge in [-0.2, -0.15) is 0 Å². The maximum Gasteiger partial charge on any atom is 0.232 e. The van der Waals surface area contributed by atoms with Crippen molar-refractivity contribution < 1.29 is 9.18 Å². The van der Waals surface area contributed by atoms with Crippen LogP contribution in [0.2, 0.25) is 0 Å². The third kappa shape index (κ3) is 4.60. The molecule has 0 aromatic heterocycles. The number of hydrogen-bond donors (Lipinski definition) is 0. The SMILES string of the molecule is Cc1ccccc1SCC(=O)N(C)Cc1ccc(F)cc1. The molecule has 0 aliphatic carbocycles. The smallest absolute Gasteiger partial charge is 0.232 e. The Morgan fingerprint density at radius 1 is 1.14 bits per heavy atom. The summed E-state index contributed by atoms with van der Waals surface area (Å²) in [6.45, 7) is 2.53. The van der Waals surface area contributed by atoms with E-state index in [2.05, 4.69) is 0 Å². The number of benzene rings is 2. The van der Waals surface area contributed by atoms with Gasteiger partial charge in [0, 0.05) is 18.5 Å². The molecule has 0 heterocycles. The number of rotatable bonds is 5. The summed E-state index contributed by atoms with van der Waals surface area (Å²) in [4.78, 5) is 14.9. The molecule has 0 saturated heterocycles. The Morgan fingerprint density at radius 2 is 1.81 bits per heavy atom. The largest absolute Gasteiger partial charge is 0.341 e. The zero-order chi connectivity index (χ0) is 15.2. The summed E-state index contributed by atoms with van der Waals surface area (Å²) in [7, 11) is 1.77. The van der Waals surface area contributed by atoms with Crippen molar-refractivity contribution in [1.29, 1.82) is 0 Å². The monoisotopic (exact) mass is 303 g/mol. The van der Waals surface area contributed by atoms with Crippen LogP contribution in [0.1, 0.15) is 11.1 Å². The quantitative estimate of drug-likeness (QED) is 0.781. The van der Waals surface area contributed by atoms with Crippen molar-refractivity contribution in [3.8, 4) is 0 Å². The van der Waals surface area contributed by atoms with E-state index in [1.807, 2.05) is 31.2 Å². The molecule has 1 amide bonds. The third-order valence-corrected chi connectivity index (χ3v) is 4.36. The molecule has 110 valence electrons. The lowest BCUT2D eigenvalue weighted by Gasteiger charge is -2.17. The molecule has 0 aliphatic rings. The van der Waals surface area contributed by atoms with Crippen molar-refractivity contribution in [3.05, 3.63) is 65.5 Å². The first-order valence-electron chi connectivity index (χ1n) is 6.73. The number of amides is 1. The van der Waals surface area contributed by atoms with E-state index in [1.165, 1.54) is 17.7 Å². The van der Waals surface area contributed by atoms with E-state index >= 15 is 0 Å². The number of nitrogens with zero attached hydrogens (tertiary/aromatic N) is 1. The fourth-order valence-corrected chi connectivity index (χ4v) is 2.89. The van der Waals surface area contributed by atoms with E-state index in [0.717, 1.165) is 10.5 Å². The summed E-state index contributed by atoms with van der Waals surface area (Å²) in [5.74, 6) is 0.207. The predicted octanol–water partition coefficient (Wildman–Crippen LogP) is 3.88. The van der Waals surface area contributed by atoms with E-state index in [0.29, 0.717) is 12.3 Å². The van der Waals surface area contributed by atoms with Gasteiger partial charge in [-0.3, -0.25) is 4.79 Å². The van der Waals surface area contributed by atoms with Gasteiger partial charge in [0.25, 0.3) is 0 Å². The fourth-order valence-electron chi connectivity index (χ4n) is 1.92. The Bertz CT molecular complexity index is 612. The van der Waals surface area contributed by atoms with E-state index in [1.54, 1.807) is 35.8 Å². The van der Waals surface area contributed by atoms with Gasteiger partial charge in [0.05, 0.1) is 5.75 Å². The first-order chi connectivity index (χ1) is 10.1. The lowest BCUT2D eigenvalue weighted by atomic mass is 10.2. The molecule has 0 radical (unpaired) electrons. The van der Waals surface area contributed by atoms with Crippen LogP contribution in [0.25, 0.3) is 0 Å². The topological polar surface area (TPSA) is 20.3 Å². The average molecular weight is 303 g/mol. The number of carbonyl (C=O) groups is 1. The van der Waals surface area contributed by atoms with Crippen LogP contribution >= 0.6 is 11.8 Å². The van der Waals surface area contributed by atoms with Gasteiger partial charge < -0.3 is 4.90 Å². The highest BCUT2D eigenvalue weighted by Crippen LogP contribution is 2.22. The van der Waals surface area contributed by atoms with Crippen LogP contribution < -0.4 is 0 Å². The summed E-state index contributed by atoms with van der Waals surface area (Å²) >= 11 is 1.55. The molecule has 0 spiro atoms. The first kappa shape index (κ1) is 15.6. The van der Waals surface area contributed by atoms with Gasteiger partial charge >= 0.3 is 0 Å². The summed E-state index contributed by atoms with van der Waals surface area (Å²) in [6.07, 6.45) is 0. The lowest BCUT2D eigenvalue weighted by Crippen LogP contribution is -2.27. The molecule has 0 bridgehead atoms. The van der Waals surface area contributed by atoms with Gasteiger partial charge in [-0.15, -0.1) is 11.8 Å². The van der Waals surface area contributed by atoms with E-state index in [4.69, 9.17) is 0 Å². The number of hydrogen-bond acceptors (Lipinski definition) is 2. The van der Waals surface area contributed by atoms with Crippen LogP contribution in [-0.4, -0.2) is 23.6 Å². The van der Waals surface area contributed by atoms with Crippen molar-refractivity contribution >= 4 is 17.7 Å². The maximum absolute atomic E-state index is 12.8. The van der Waals surface area contributed by atoms with Crippen LogP contribution in [0.15, 0.2) is 53.4 Å². The molecule has 0 N–H and O–H groups in total. The van der Waals surface area contributed by atoms with E-state index in [-0.39, 0.29) is 11.7 Å². The minimum Gasteiger partial charge on any atom is -0.341 e. The van der Waals surface area contributed by atoms with Crippen LogP contribution in [-0.2, 0) is 11.3 Å². The maximum atomic E-state index is 12.8. The molecule has 0 aliphatic heterocycles. The molecule has 21 heavy (non-hydrogen) atoms. The molecule has 2 nitrogen and oxygen atoms in total. The van der Waals surface area contributed by atoms with Crippen LogP contribution in [0, 0.1) is 12.7 Å². The molecule has 2 aromatic carbocycles. The number of thioether (sulfide) groups is 1. The Kier molecular flexibility index (Phi) is 5.39. The van der Waals surface area contributed by atoms with E-state index < -0.39 is 0 Å². The van der Waals surface area contributed by atoms with Crippen molar-refractivity contribution in [3.63, 3.8) is 0 Å². The highest BCUT2D eigenvalue weighted by atomic mass is 32.2. The average Bonchev–Trinajstić information content (AvgIpc) is 2.48. The van der Waals surface area contributed by atoms with Gasteiger partial charge in [0.15, 0.2) is 0 Å². The Morgan fingerprint density at radius 3 is 2.48 bits per heavy atom.